The zero-order valence-corrected chi connectivity index (χ0v) is 9.29. The third-order valence-corrected chi connectivity index (χ3v) is 2.74. The smallest absolute Gasteiger partial charge is 0.332 e. The third kappa shape index (κ3) is 2.21. The largest absolute Gasteiger partial charge is 0.350 e. The Kier molecular flexibility index (Phi) is 2.90. The molecule has 16 heavy (non-hydrogen) atoms. The van der Waals surface area contributed by atoms with Crippen molar-refractivity contribution in [1.82, 2.24) is 5.43 Å². The van der Waals surface area contributed by atoms with Crippen LogP contribution >= 0.6 is 0 Å². The number of carbonyl (C=O) groups is 1. The van der Waals surface area contributed by atoms with Crippen molar-refractivity contribution in [3.63, 3.8) is 0 Å². The molecule has 2 amide bonds. The summed E-state index contributed by atoms with van der Waals surface area (Å²) in [4.78, 5) is 10.6. The summed E-state index contributed by atoms with van der Waals surface area (Å²) in [6.07, 6.45) is 3.03. The second-order valence-corrected chi connectivity index (χ2v) is 4.05. The Bertz CT molecular complexity index is 452. The molecule has 0 aromatic heterocycles. The standard InChI is InChI=1S/C12H15N3O/c1-8-5-6-9-3-2-4-11(10(9)7-8)14-15-12(13)16/h5-7H,2-4H2,1H3,(H3,13,15,16)/b14-11-. The van der Waals surface area contributed by atoms with Gasteiger partial charge >= 0.3 is 6.03 Å². The second-order valence-electron chi connectivity index (χ2n) is 4.05. The van der Waals surface area contributed by atoms with E-state index in [2.05, 4.69) is 28.7 Å². The van der Waals surface area contributed by atoms with Crippen LogP contribution in [0.3, 0.4) is 0 Å². The molecule has 0 radical (unpaired) electrons. The van der Waals surface area contributed by atoms with Crippen molar-refractivity contribution in [3.8, 4) is 0 Å². The Morgan fingerprint density at radius 2 is 2.25 bits per heavy atom. The molecule has 1 aromatic rings. The highest BCUT2D eigenvalue weighted by Gasteiger charge is 2.15. The minimum atomic E-state index is -0.618. The van der Waals surface area contributed by atoms with Gasteiger partial charge in [0.05, 0.1) is 5.71 Å². The first-order valence-corrected chi connectivity index (χ1v) is 5.39. The first-order valence-electron chi connectivity index (χ1n) is 5.39. The van der Waals surface area contributed by atoms with Crippen LogP contribution in [-0.2, 0) is 6.42 Å². The number of hydrazone groups is 1. The molecule has 0 saturated heterocycles. The van der Waals surface area contributed by atoms with E-state index < -0.39 is 6.03 Å². The maximum Gasteiger partial charge on any atom is 0.332 e. The van der Waals surface area contributed by atoms with Gasteiger partial charge in [-0.25, -0.2) is 10.2 Å². The molecule has 1 aliphatic rings. The third-order valence-electron chi connectivity index (χ3n) is 2.74. The zero-order valence-electron chi connectivity index (χ0n) is 9.29. The van der Waals surface area contributed by atoms with Gasteiger partial charge in [-0.1, -0.05) is 17.7 Å². The number of nitrogens with zero attached hydrogens (tertiary/aromatic N) is 1. The SMILES string of the molecule is Cc1ccc2c(c1)/C(=N\NC(N)=O)CCC2. The van der Waals surface area contributed by atoms with Crippen LogP contribution in [-0.4, -0.2) is 11.7 Å². The van der Waals surface area contributed by atoms with Gasteiger partial charge in [0, 0.05) is 5.56 Å². The monoisotopic (exact) mass is 217 g/mol. The summed E-state index contributed by atoms with van der Waals surface area (Å²) in [7, 11) is 0. The van der Waals surface area contributed by atoms with Crippen LogP contribution in [0, 0.1) is 6.92 Å². The maximum absolute atomic E-state index is 10.6. The molecule has 4 heteroatoms. The molecule has 0 aliphatic heterocycles. The van der Waals surface area contributed by atoms with Crippen molar-refractivity contribution in [2.45, 2.75) is 26.2 Å². The lowest BCUT2D eigenvalue weighted by Crippen LogP contribution is -2.27. The van der Waals surface area contributed by atoms with E-state index in [4.69, 9.17) is 5.73 Å². The summed E-state index contributed by atoms with van der Waals surface area (Å²) >= 11 is 0. The highest BCUT2D eigenvalue weighted by atomic mass is 16.2. The predicted molar refractivity (Wildman–Crippen MR) is 63.4 cm³/mol. The quantitative estimate of drug-likeness (QED) is 0.691. The van der Waals surface area contributed by atoms with Crippen molar-refractivity contribution in [2.24, 2.45) is 10.8 Å². The fourth-order valence-corrected chi connectivity index (χ4v) is 2.00. The number of hydrogen-bond donors (Lipinski definition) is 2. The molecule has 4 nitrogen and oxygen atoms in total. The Balaban J connectivity index is 2.35. The molecule has 84 valence electrons. The summed E-state index contributed by atoms with van der Waals surface area (Å²) in [6.45, 7) is 2.05. The Hall–Kier alpha value is -1.84. The summed E-state index contributed by atoms with van der Waals surface area (Å²) < 4.78 is 0. The number of fused-ring (bicyclic) bond motifs is 1. The number of carbonyl (C=O) groups excluding carboxylic acids is 1. The minimum Gasteiger partial charge on any atom is -0.350 e. The fourth-order valence-electron chi connectivity index (χ4n) is 2.00. The summed E-state index contributed by atoms with van der Waals surface area (Å²) in [5, 5.41) is 4.06. The molecule has 0 fully saturated rings. The van der Waals surface area contributed by atoms with E-state index in [-0.39, 0.29) is 0 Å². The van der Waals surface area contributed by atoms with Crippen LogP contribution in [0.15, 0.2) is 23.3 Å². The highest BCUT2D eigenvalue weighted by molar-refractivity contribution is 6.03. The lowest BCUT2D eigenvalue weighted by molar-refractivity contribution is 0.249. The number of rotatable bonds is 1. The first-order chi connectivity index (χ1) is 7.66. The average molecular weight is 217 g/mol. The maximum atomic E-state index is 10.6. The Morgan fingerprint density at radius 1 is 1.44 bits per heavy atom. The number of amides is 2. The first kappa shape index (κ1) is 10.7. The summed E-state index contributed by atoms with van der Waals surface area (Å²) in [5.74, 6) is 0. The fraction of sp³-hybridized carbons (Fsp3) is 0.333. The van der Waals surface area contributed by atoms with Crippen LogP contribution in [0.25, 0.3) is 0 Å². The lowest BCUT2D eigenvalue weighted by Gasteiger charge is -2.18. The van der Waals surface area contributed by atoms with Gasteiger partial charge < -0.3 is 5.73 Å². The molecule has 0 spiro atoms. The van der Waals surface area contributed by atoms with Crippen LogP contribution in [0.4, 0.5) is 4.79 Å². The van der Waals surface area contributed by atoms with Crippen LogP contribution in [0.5, 0.6) is 0 Å². The van der Waals surface area contributed by atoms with Gasteiger partial charge in [0.1, 0.15) is 0 Å². The molecule has 0 saturated carbocycles. The summed E-state index contributed by atoms with van der Waals surface area (Å²) in [5.41, 5.74) is 11.9. The number of benzene rings is 1. The molecule has 0 atom stereocenters. The van der Waals surface area contributed by atoms with Crippen LogP contribution in [0.2, 0.25) is 0 Å². The molecule has 1 aromatic carbocycles. The van der Waals surface area contributed by atoms with E-state index in [1.54, 1.807) is 0 Å². The van der Waals surface area contributed by atoms with Gasteiger partial charge in [0.25, 0.3) is 0 Å². The number of nitrogens with two attached hydrogens (primary N) is 1. The van der Waals surface area contributed by atoms with Gasteiger partial charge in [-0.2, -0.15) is 5.10 Å². The molecular formula is C12H15N3O. The highest BCUT2D eigenvalue weighted by Crippen LogP contribution is 2.22. The van der Waals surface area contributed by atoms with Crippen molar-refractivity contribution in [1.29, 1.82) is 0 Å². The summed E-state index contributed by atoms with van der Waals surface area (Å²) in [6, 6.07) is 5.72. The molecule has 0 bridgehead atoms. The van der Waals surface area contributed by atoms with Gasteiger partial charge in [0.2, 0.25) is 0 Å². The van der Waals surface area contributed by atoms with Crippen LogP contribution in [0.1, 0.15) is 29.5 Å². The molecule has 1 aliphatic carbocycles. The number of urea groups is 1. The average Bonchev–Trinajstić information content (AvgIpc) is 2.26. The number of aryl methyl sites for hydroxylation is 2. The normalized spacial score (nSPS) is 16.9. The number of primary amides is 1. The van der Waals surface area contributed by atoms with Crippen molar-refractivity contribution in [2.75, 3.05) is 0 Å². The number of nitrogens with one attached hydrogen (secondary N) is 1. The van der Waals surface area contributed by atoms with E-state index in [1.807, 2.05) is 6.92 Å². The second kappa shape index (κ2) is 4.35. The van der Waals surface area contributed by atoms with Gasteiger partial charge in [-0.05, 0) is 37.8 Å². The van der Waals surface area contributed by atoms with Crippen molar-refractivity contribution >= 4 is 11.7 Å². The molecule has 0 heterocycles. The minimum absolute atomic E-state index is 0.618. The molecule has 3 N–H and O–H groups in total. The Labute approximate surface area is 94.5 Å². The molecular weight excluding hydrogens is 202 g/mol. The van der Waals surface area contributed by atoms with E-state index >= 15 is 0 Å². The van der Waals surface area contributed by atoms with Crippen molar-refractivity contribution < 1.29 is 4.79 Å². The number of hydrogen-bond acceptors (Lipinski definition) is 2. The van der Waals surface area contributed by atoms with Gasteiger partial charge in [0.15, 0.2) is 0 Å². The van der Waals surface area contributed by atoms with E-state index in [0.717, 1.165) is 30.5 Å². The van der Waals surface area contributed by atoms with E-state index in [1.165, 1.54) is 11.1 Å². The van der Waals surface area contributed by atoms with Crippen LogP contribution < -0.4 is 11.2 Å². The van der Waals surface area contributed by atoms with Gasteiger partial charge in [-0.15, -0.1) is 0 Å². The topological polar surface area (TPSA) is 67.5 Å². The van der Waals surface area contributed by atoms with Gasteiger partial charge in [-0.3, -0.25) is 0 Å². The zero-order chi connectivity index (χ0) is 11.5. The van der Waals surface area contributed by atoms with Crippen molar-refractivity contribution in [3.05, 3.63) is 34.9 Å². The molecule has 2 rings (SSSR count). The Morgan fingerprint density at radius 3 is 3.00 bits per heavy atom. The van der Waals surface area contributed by atoms with E-state index in [0.29, 0.717) is 0 Å². The predicted octanol–water partition coefficient (Wildman–Crippen LogP) is 1.70. The van der Waals surface area contributed by atoms with E-state index in [9.17, 15) is 4.79 Å². The molecule has 0 unspecified atom stereocenters. The lowest BCUT2D eigenvalue weighted by atomic mass is 9.89.